The van der Waals surface area contributed by atoms with Crippen molar-refractivity contribution in [3.05, 3.63) is 46.9 Å². The summed E-state index contributed by atoms with van der Waals surface area (Å²) in [6.07, 6.45) is 11.7. The predicted molar refractivity (Wildman–Crippen MR) is 121 cm³/mol. The first-order valence-corrected chi connectivity index (χ1v) is 11.9. The molecular formula is C24H26N8O. The van der Waals surface area contributed by atoms with E-state index in [-0.39, 0.29) is 5.91 Å². The second-order valence-electron chi connectivity index (χ2n) is 9.70. The zero-order valence-corrected chi connectivity index (χ0v) is 18.7. The third-order valence-corrected chi connectivity index (χ3v) is 7.06. The molecule has 1 amide bonds. The summed E-state index contributed by atoms with van der Waals surface area (Å²) in [4.78, 5) is 29.8. The molecule has 0 spiro atoms. The minimum absolute atomic E-state index is 0.198. The lowest BCUT2D eigenvalue weighted by atomic mass is 10.0. The summed E-state index contributed by atoms with van der Waals surface area (Å²) in [6, 6.07) is 0.325. The number of nitrogens with zero attached hydrogens (tertiary/aromatic N) is 8. The summed E-state index contributed by atoms with van der Waals surface area (Å²) < 4.78 is 3.81. The molecule has 0 radical (unpaired) electrons. The fraction of sp³-hybridized carbons (Fsp3) is 0.500. The van der Waals surface area contributed by atoms with Crippen LogP contribution in [0.2, 0.25) is 0 Å². The Morgan fingerprint density at radius 3 is 2.73 bits per heavy atom. The molecule has 9 heteroatoms. The van der Waals surface area contributed by atoms with Gasteiger partial charge in [0.1, 0.15) is 5.69 Å². The molecule has 2 aliphatic carbocycles. The summed E-state index contributed by atoms with van der Waals surface area (Å²) in [7, 11) is 1.92. The van der Waals surface area contributed by atoms with Crippen molar-refractivity contribution in [1.82, 2.24) is 34.4 Å². The zero-order chi connectivity index (χ0) is 22.1. The van der Waals surface area contributed by atoms with Crippen LogP contribution in [0, 0.1) is 0 Å². The Balaban J connectivity index is 1.38. The lowest BCUT2D eigenvalue weighted by Gasteiger charge is -2.22. The molecule has 3 aromatic rings. The number of rotatable bonds is 2. The molecule has 5 heterocycles. The van der Waals surface area contributed by atoms with E-state index in [1.807, 2.05) is 33.7 Å². The molecule has 3 aromatic heterocycles. The highest BCUT2D eigenvalue weighted by atomic mass is 16.2. The highest BCUT2D eigenvalue weighted by Gasteiger charge is 2.35. The SMILES string of the molecule is Cn1cc2c(n1)CN(C1CC1)C(=O)CCCn1cc(c(C3CC3)n1)C1=NCc3ncc-2nc31. The Morgan fingerprint density at radius 2 is 1.91 bits per heavy atom. The van der Waals surface area contributed by atoms with Crippen molar-refractivity contribution in [2.45, 2.75) is 70.1 Å². The van der Waals surface area contributed by atoms with E-state index in [9.17, 15) is 4.79 Å². The van der Waals surface area contributed by atoms with Crippen LogP contribution in [-0.2, 0) is 31.5 Å². The van der Waals surface area contributed by atoms with Crippen LogP contribution >= 0.6 is 0 Å². The molecule has 9 nitrogen and oxygen atoms in total. The molecular weight excluding hydrogens is 416 g/mol. The zero-order valence-electron chi connectivity index (χ0n) is 18.7. The second kappa shape index (κ2) is 7.07. The Hall–Kier alpha value is -3.36. The van der Waals surface area contributed by atoms with E-state index in [0.29, 0.717) is 31.5 Å². The summed E-state index contributed by atoms with van der Waals surface area (Å²) >= 11 is 0. The van der Waals surface area contributed by atoms with E-state index in [1.54, 1.807) is 0 Å². The van der Waals surface area contributed by atoms with Crippen LogP contribution in [0.25, 0.3) is 11.3 Å². The fourth-order valence-electron chi connectivity index (χ4n) is 5.05. The Morgan fingerprint density at radius 1 is 1.03 bits per heavy atom. The van der Waals surface area contributed by atoms with Crippen molar-refractivity contribution in [1.29, 1.82) is 0 Å². The smallest absolute Gasteiger partial charge is 0.223 e. The van der Waals surface area contributed by atoms with E-state index in [1.165, 1.54) is 12.8 Å². The normalized spacial score (nSPS) is 20.3. The van der Waals surface area contributed by atoms with Gasteiger partial charge in [-0.25, -0.2) is 4.98 Å². The number of hydrogen-bond acceptors (Lipinski definition) is 6. The van der Waals surface area contributed by atoms with Crippen LogP contribution in [-0.4, -0.2) is 52.1 Å². The third kappa shape index (κ3) is 3.29. The molecule has 168 valence electrons. The molecule has 0 unspecified atom stereocenters. The van der Waals surface area contributed by atoms with Gasteiger partial charge in [0, 0.05) is 55.5 Å². The fourth-order valence-corrected chi connectivity index (χ4v) is 5.05. The van der Waals surface area contributed by atoms with Gasteiger partial charge >= 0.3 is 0 Å². The monoisotopic (exact) mass is 442 g/mol. The number of carbonyl (C=O) groups is 1. The van der Waals surface area contributed by atoms with E-state index < -0.39 is 0 Å². The molecule has 0 atom stereocenters. The highest BCUT2D eigenvalue weighted by Crippen LogP contribution is 2.42. The van der Waals surface area contributed by atoms with Crippen LogP contribution in [0.15, 0.2) is 23.6 Å². The van der Waals surface area contributed by atoms with Crippen molar-refractivity contribution >= 4 is 11.6 Å². The Kier molecular flexibility index (Phi) is 4.10. The van der Waals surface area contributed by atoms with Gasteiger partial charge in [0.25, 0.3) is 0 Å². The predicted octanol–water partition coefficient (Wildman–Crippen LogP) is 2.59. The van der Waals surface area contributed by atoms with Gasteiger partial charge in [0.2, 0.25) is 5.91 Å². The maximum Gasteiger partial charge on any atom is 0.223 e. The molecule has 2 fully saturated rings. The topological polar surface area (TPSA) is 94.1 Å². The number of aromatic nitrogens is 6. The summed E-state index contributed by atoms with van der Waals surface area (Å²) in [5.41, 5.74) is 7.47. The first kappa shape index (κ1) is 19.1. The van der Waals surface area contributed by atoms with Crippen LogP contribution in [0.3, 0.4) is 0 Å². The Labute approximate surface area is 191 Å². The van der Waals surface area contributed by atoms with E-state index in [2.05, 4.69) is 6.20 Å². The highest BCUT2D eigenvalue weighted by molar-refractivity contribution is 6.14. The quantitative estimate of drug-likeness (QED) is 0.608. The van der Waals surface area contributed by atoms with Crippen molar-refractivity contribution in [3.63, 3.8) is 0 Å². The van der Waals surface area contributed by atoms with Crippen LogP contribution < -0.4 is 0 Å². The van der Waals surface area contributed by atoms with Gasteiger partial charge < -0.3 is 4.90 Å². The molecule has 2 aliphatic heterocycles. The minimum atomic E-state index is 0.198. The largest absolute Gasteiger partial charge is 0.334 e. The van der Waals surface area contributed by atoms with Crippen molar-refractivity contribution in [2.24, 2.45) is 12.0 Å². The van der Waals surface area contributed by atoms with Crippen LogP contribution in [0.1, 0.15) is 72.8 Å². The van der Waals surface area contributed by atoms with Crippen LogP contribution in [0.4, 0.5) is 0 Å². The van der Waals surface area contributed by atoms with Crippen LogP contribution in [0.5, 0.6) is 0 Å². The van der Waals surface area contributed by atoms with E-state index in [4.69, 9.17) is 25.2 Å². The Bertz CT molecular complexity index is 1310. The number of amides is 1. The van der Waals surface area contributed by atoms with Gasteiger partial charge in [-0.3, -0.25) is 24.1 Å². The van der Waals surface area contributed by atoms with Gasteiger partial charge in [-0.2, -0.15) is 10.2 Å². The summed E-state index contributed by atoms with van der Waals surface area (Å²) in [5.74, 6) is 0.698. The maximum absolute atomic E-state index is 13.2. The molecule has 4 bridgehead atoms. The number of aliphatic imine (C=N–C) groups is 1. The first-order chi connectivity index (χ1) is 16.1. The average Bonchev–Trinajstić information content (AvgIpc) is 3.72. The third-order valence-electron chi connectivity index (χ3n) is 7.06. The first-order valence-electron chi connectivity index (χ1n) is 11.9. The number of carbonyl (C=O) groups excluding carboxylic acids is 1. The summed E-state index contributed by atoms with van der Waals surface area (Å²) in [5, 5.41) is 9.64. The van der Waals surface area contributed by atoms with Crippen molar-refractivity contribution < 1.29 is 4.79 Å². The molecule has 2 saturated carbocycles. The number of aryl methyl sites for hydroxylation is 2. The second-order valence-corrected chi connectivity index (χ2v) is 9.70. The van der Waals surface area contributed by atoms with Crippen molar-refractivity contribution in [3.8, 4) is 11.3 Å². The van der Waals surface area contributed by atoms with E-state index >= 15 is 0 Å². The number of hydrogen-bond donors (Lipinski definition) is 0. The maximum atomic E-state index is 13.2. The van der Waals surface area contributed by atoms with Gasteiger partial charge in [0.15, 0.2) is 0 Å². The van der Waals surface area contributed by atoms with Gasteiger partial charge in [-0.15, -0.1) is 0 Å². The molecule has 4 aliphatic rings. The molecule has 0 saturated heterocycles. The number of fused-ring (bicyclic) bond motifs is 6. The molecule has 33 heavy (non-hydrogen) atoms. The standard InChI is InChI=1S/C24H26N8O/c1-30-11-16-18-9-25-19-10-26-23(24(19)27-18)17-12-31(29-22(17)14-4-5-14)8-2-3-21(33)32(15-6-7-15)13-20(16)28-30/h9,11-12,14-15H,2-8,10,13H2,1H3. The molecule has 0 N–H and O–H groups in total. The molecule has 0 aromatic carbocycles. The van der Waals surface area contributed by atoms with E-state index in [0.717, 1.165) is 71.1 Å². The lowest BCUT2D eigenvalue weighted by Crippen LogP contribution is -2.33. The molecule has 7 rings (SSSR count). The minimum Gasteiger partial charge on any atom is -0.334 e. The van der Waals surface area contributed by atoms with Gasteiger partial charge in [-0.05, 0) is 32.1 Å². The summed E-state index contributed by atoms with van der Waals surface area (Å²) in [6.45, 7) is 1.79. The average molecular weight is 443 g/mol. The van der Waals surface area contributed by atoms with Gasteiger partial charge in [-0.1, -0.05) is 0 Å². The lowest BCUT2D eigenvalue weighted by molar-refractivity contribution is -0.132. The van der Waals surface area contributed by atoms with Crippen molar-refractivity contribution in [2.75, 3.05) is 0 Å². The van der Waals surface area contributed by atoms with Gasteiger partial charge in [0.05, 0.1) is 47.8 Å².